The largest absolute Gasteiger partial charge is 0.490 e. The maximum absolute atomic E-state index is 12.2. The van der Waals surface area contributed by atoms with Crippen LogP contribution in [0.25, 0.3) is 22.3 Å². The highest BCUT2D eigenvalue weighted by Gasteiger charge is 2.11. The molecule has 0 atom stereocenters. The number of hydrogen-bond acceptors (Lipinski definition) is 3. The van der Waals surface area contributed by atoms with Gasteiger partial charge in [-0.1, -0.05) is 24.3 Å². The number of rotatable bonds is 3. The van der Waals surface area contributed by atoms with Gasteiger partial charge in [0.15, 0.2) is 0 Å². The Morgan fingerprint density at radius 1 is 1.05 bits per heavy atom. The molecule has 0 amide bonds. The van der Waals surface area contributed by atoms with Crippen LogP contribution >= 0.6 is 0 Å². The standard InChI is InChI=1S/C17H16N2O2/c1-11(2)21-15-10-6-4-8-13(15)16-18-14-9-5-3-7-12(14)17(20)19-16/h3-11H,1-2H3,(H,18,19,20). The van der Waals surface area contributed by atoms with Gasteiger partial charge >= 0.3 is 0 Å². The van der Waals surface area contributed by atoms with E-state index in [2.05, 4.69) is 9.97 Å². The molecule has 0 fully saturated rings. The monoisotopic (exact) mass is 280 g/mol. The van der Waals surface area contributed by atoms with Gasteiger partial charge in [-0.2, -0.15) is 0 Å². The van der Waals surface area contributed by atoms with Gasteiger partial charge in [0.2, 0.25) is 0 Å². The minimum Gasteiger partial charge on any atom is -0.490 e. The van der Waals surface area contributed by atoms with Crippen LogP contribution < -0.4 is 10.3 Å². The fourth-order valence-electron chi connectivity index (χ4n) is 2.23. The Hall–Kier alpha value is -2.62. The van der Waals surface area contributed by atoms with Crippen LogP contribution in [-0.4, -0.2) is 16.1 Å². The van der Waals surface area contributed by atoms with Crippen molar-refractivity contribution in [2.75, 3.05) is 0 Å². The van der Waals surface area contributed by atoms with Gasteiger partial charge in [0.25, 0.3) is 5.56 Å². The average Bonchev–Trinajstić information content (AvgIpc) is 2.47. The highest BCUT2D eigenvalue weighted by atomic mass is 16.5. The zero-order chi connectivity index (χ0) is 14.8. The molecule has 0 bridgehead atoms. The number of aromatic nitrogens is 2. The lowest BCUT2D eigenvalue weighted by Gasteiger charge is -2.13. The van der Waals surface area contributed by atoms with Crippen molar-refractivity contribution in [1.82, 2.24) is 9.97 Å². The van der Waals surface area contributed by atoms with E-state index in [0.29, 0.717) is 22.5 Å². The number of nitrogens with one attached hydrogen (secondary N) is 1. The number of benzene rings is 2. The minimum atomic E-state index is -0.144. The molecule has 21 heavy (non-hydrogen) atoms. The van der Waals surface area contributed by atoms with Crippen LogP contribution in [-0.2, 0) is 0 Å². The summed E-state index contributed by atoms with van der Waals surface area (Å²) in [6.45, 7) is 3.93. The van der Waals surface area contributed by atoms with Gasteiger partial charge < -0.3 is 9.72 Å². The lowest BCUT2D eigenvalue weighted by Crippen LogP contribution is -2.11. The van der Waals surface area contributed by atoms with Crippen molar-refractivity contribution in [3.8, 4) is 17.1 Å². The number of ether oxygens (including phenoxy) is 1. The average molecular weight is 280 g/mol. The second-order valence-electron chi connectivity index (χ2n) is 5.09. The van der Waals surface area contributed by atoms with Gasteiger partial charge in [0.1, 0.15) is 11.6 Å². The molecule has 0 aliphatic rings. The van der Waals surface area contributed by atoms with Gasteiger partial charge in [0.05, 0.1) is 22.6 Å². The predicted octanol–water partition coefficient (Wildman–Crippen LogP) is 3.38. The molecular weight excluding hydrogens is 264 g/mol. The molecule has 106 valence electrons. The van der Waals surface area contributed by atoms with E-state index in [9.17, 15) is 4.79 Å². The smallest absolute Gasteiger partial charge is 0.259 e. The number of aromatic amines is 1. The van der Waals surface area contributed by atoms with E-state index in [1.807, 2.05) is 56.3 Å². The third kappa shape index (κ3) is 2.65. The molecule has 0 saturated heterocycles. The SMILES string of the molecule is CC(C)Oc1ccccc1-c1nc2ccccc2c(=O)[nH]1. The maximum Gasteiger partial charge on any atom is 0.259 e. The second-order valence-corrected chi connectivity index (χ2v) is 5.09. The summed E-state index contributed by atoms with van der Waals surface area (Å²) in [5, 5.41) is 0.587. The molecule has 0 radical (unpaired) electrons. The number of nitrogens with zero attached hydrogens (tertiary/aromatic N) is 1. The van der Waals surface area contributed by atoms with E-state index in [-0.39, 0.29) is 11.7 Å². The molecule has 3 aromatic rings. The quantitative estimate of drug-likeness (QED) is 0.800. The van der Waals surface area contributed by atoms with Crippen LogP contribution in [0, 0.1) is 0 Å². The summed E-state index contributed by atoms with van der Waals surface area (Å²) in [4.78, 5) is 19.5. The van der Waals surface area contributed by atoms with Crippen LogP contribution in [0.3, 0.4) is 0 Å². The summed E-state index contributed by atoms with van der Waals surface area (Å²) in [5.74, 6) is 1.24. The summed E-state index contributed by atoms with van der Waals surface area (Å²) < 4.78 is 5.79. The van der Waals surface area contributed by atoms with Crippen molar-refractivity contribution < 1.29 is 4.74 Å². The van der Waals surface area contributed by atoms with E-state index in [1.165, 1.54) is 0 Å². The Morgan fingerprint density at radius 2 is 1.76 bits per heavy atom. The molecule has 1 N–H and O–H groups in total. The number of para-hydroxylation sites is 2. The van der Waals surface area contributed by atoms with Crippen LogP contribution in [0.1, 0.15) is 13.8 Å². The fourth-order valence-corrected chi connectivity index (χ4v) is 2.23. The van der Waals surface area contributed by atoms with Crippen LogP contribution in [0.4, 0.5) is 0 Å². The van der Waals surface area contributed by atoms with E-state index >= 15 is 0 Å². The molecule has 1 aromatic heterocycles. The van der Waals surface area contributed by atoms with Gasteiger partial charge in [-0.15, -0.1) is 0 Å². The first kappa shape index (κ1) is 13.4. The molecule has 0 aliphatic carbocycles. The van der Waals surface area contributed by atoms with Gasteiger partial charge in [-0.25, -0.2) is 4.98 Å². The van der Waals surface area contributed by atoms with Crippen molar-refractivity contribution in [2.24, 2.45) is 0 Å². The molecule has 0 spiro atoms. The Balaban J connectivity index is 2.19. The highest BCUT2D eigenvalue weighted by molar-refractivity contribution is 5.80. The van der Waals surface area contributed by atoms with Crippen molar-refractivity contribution in [3.63, 3.8) is 0 Å². The van der Waals surface area contributed by atoms with Crippen LogP contribution in [0.2, 0.25) is 0 Å². The first-order valence-corrected chi connectivity index (χ1v) is 6.90. The van der Waals surface area contributed by atoms with E-state index < -0.39 is 0 Å². The topological polar surface area (TPSA) is 55.0 Å². The molecule has 0 unspecified atom stereocenters. The van der Waals surface area contributed by atoms with E-state index in [4.69, 9.17) is 4.74 Å². The number of H-pyrrole nitrogens is 1. The Labute approximate surface area is 122 Å². The normalized spacial score (nSPS) is 11.0. The van der Waals surface area contributed by atoms with E-state index in [0.717, 1.165) is 5.56 Å². The summed E-state index contributed by atoms with van der Waals surface area (Å²) in [7, 11) is 0. The second kappa shape index (κ2) is 5.40. The summed E-state index contributed by atoms with van der Waals surface area (Å²) in [6.07, 6.45) is 0.0540. The number of hydrogen-bond donors (Lipinski definition) is 1. The predicted molar refractivity (Wildman–Crippen MR) is 83.6 cm³/mol. The molecule has 3 rings (SSSR count). The Kier molecular flexibility index (Phi) is 3.44. The van der Waals surface area contributed by atoms with Crippen molar-refractivity contribution >= 4 is 10.9 Å². The highest BCUT2D eigenvalue weighted by Crippen LogP contribution is 2.28. The molecule has 1 heterocycles. The molecular formula is C17H16N2O2. The third-order valence-corrected chi connectivity index (χ3v) is 3.12. The first-order valence-electron chi connectivity index (χ1n) is 6.90. The Bertz CT molecular complexity index is 837. The lowest BCUT2D eigenvalue weighted by atomic mass is 10.1. The molecule has 4 nitrogen and oxygen atoms in total. The summed E-state index contributed by atoms with van der Waals surface area (Å²) >= 11 is 0. The molecule has 4 heteroatoms. The van der Waals surface area contributed by atoms with Crippen molar-refractivity contribution in [2.45, 2.75) is 20.0 Å². The lowest BCUT2D eigenvalue weighted by molar-refractivity contribution is 0.243. The maximum atomic E-state index is 12.2. The van der Waals surface area contributed by atoms with Gasteiger partial charge in [-0.05, 0) is 38.1 Å². The van der Waals surface area contributed by atoms with Crippen LogP contribution in [0.15, 0.2) is 53.3 Å². The Morgan fingerprint density at radius 3 is 2.57 bits per heavy atom. The fraction of sp³-hybridized carbons (Fsp3) is 0.176. The first-order chi connectivity index (χ1) is 10.1. The van der Waals surface area contributed by atoms with Crippen molar-refractivity contribution in [1.29, 1.82) is 0 Å². The minimum absolute atomic E-state index is 0.0540. The molecule has 0 aliphatic heterocycles. The van der Waals surface area contributed by atoms with Crippen LogP contribution in [0.5, 0.6) is 5.75 Å². The van der Waals surface area contributed by atoms with Gasteiger partial charge in [0, 0.05) is 0 Å². The third-order valence-electron chi connectivity index (χ3n) is 3.12. The summed E-state index contributed by atoms with van der Waals surface area (Å²) in [5.41, 5.74) is 1.32. The van der Waals surface area contributed by atoms with Gasteiger partial charge in [-0.3, -0.25) is 4.79 Å². The van der Waals surface area contributed by atoms with Crippen molar-refractivity contribution in [3.05, 3.63) is 58.9 Å². The number of fused-ring (bicyclic) bond motifs is 1. The zero-order valence-electron chi connectivity index (χ0n) is 12.0. The van der Waals surface area contributed by atoms with E-state index in [1.54, 1.807) is 6.07 Å². The molecule has 0 saturated carbocycles. The zero-order valence-corrected chi connectivity index (χ0v) is 12.0. The summed E-state index contributed by atoms with van der Waals surface area (Å²) in [6, 6.07) is 14.9. The molecule has 2 aromatic carbocycles.